The first-order valence-corrected chi connectivity index (χ1v) is 10.7. The van der Waals surface area contributed by atoms with Gasteiger partial charge in [0, 0.05) is 29.7 Å². The molecule has 0 spiro atoms. The molecule has 2 heterocycles. The standard InChI is InChI=1S/C27H26N4O/c1-5-32-26-11-12-29-16-24(26)22-15-30-31(17-22)25-14-21(10-9-19(25)2)20-7-6-8-23(13-20)27(3,4)18-28/h6-17H,5H2,1-4H3. The Balaban J connectivity index is 1.73. The number of nitriles is 1. The van der Waals surface area contributed by atoms with Gasteiger partial charge in [0.2, 0.25) is 0 Å². The van der Waals surface area contributed by atoms with Gasteiger partial charge in [-0.2, -0.15) is 10.4 Å². The third-order valence-corrected chi connectivity index (χ3v) is 5.63. The number of ether oxygens (including phenoxy) is 1. The quantitative estimate of drug-likeness (QED) is 0.376. The molecule has 2 aromatic heterocycles. The Labute approximate surface area is 188 Å². The SMILES string of the molecule is CCOc1ccncc1-c1cnn(-c2cc(-c3cccc(C(C)(C)C#N)c3)ccc2C)c1. The molecule has 0 N–H and O–H groups in total. The maximum Gasteiger partial charge on any atom is 0.130 e. The molecule has 0 atom stereocenters. The minimum absolute atomic E-state index is 0.539. The number of rotatable bonds is 6. The second-order valence-electron chi connectivity index (χ2n) is 8.30. The Morgan fingerprint density at radius 1 is 1.03 bits per heavy atom. The summed E-state index contributed by atoms with van der Waals surface area (Å²) in [6.45, 7) is 8.51. The number of hydrogen-bond acceptors (Lipinski definition) is 4. The highest BCUT2D eigenvalue weighted by Crippen LogP contribution is 2.32. The summed E-state index contributed by atoms with van der Waals surface area (Å²) in [5.74, 6) is 0.796. The van der Waals surface area contributed by atoms with Gasteiger partial charge in [-0.15, -0.1) is 0 Å². The molecule has 0 unspecified atom stereocenters. The molecule has 0 amide bonds. The summed E-state index contributed by atoms with van der Waals surface area (Å²) in [4.78, 5) is 4.25. The molecule has 32 heavy (non-hydrogen) atoms. The topological polar surface area (TPSA) is 63.7 Å². The summed E-state index contributed by atoms with van der Waals surface area (Å²) >= 11 is 0. The summed E-state index contributed by atoms with van der Waals surface area (Å²) in [7, 11) is 0. The van der Waals surface area contributed by atoms with E-state index in [1.807, 2.05) is 56.0 Å². The van der Waals surface area contributed by atoms with Gasteiger partial charge in [-0.25, -0.2) is 4.68 Å². The van der Waals surface area contributed by atoms with Gasteiger partial charge in [-0.3, -0.25) is 4.98 Å². The van der Waals surface area contributed by atoms with Crippen LogP contribution in [-0.2, 0) is 5.41 Å². The van der Waals surface area contributed by atoms with Crippen LogP contribution in [0, 0.1) is 18.3 Å². The molecule has 0 aliphatic rings. The highest BCUT2D eigenvalue weighted by molar-refractivity contribution is 5.70. The van der Waals surface area contributed by atoms with Crippen molar-refractivity contribution in [2.45, 2.75) is 33.1 Å². The zero-order valence-corrected chi connectivity index (χ0v) is 18.8. The number of aromatic nitrogens is 3. The monoisotopic (exact) mass is 422 g/mol. The molecule has 0 aliphatic carbocycles. The van der Waals surface area contributed by atoms with E-state index in [1.54, 1.807) is 12.4 Å². The zero-order chi connectivity index (χ0) is 22.7. The molecule has 160 valence electrons. The summed E-state index contributed by atoms with van der Waals surface area (Å²) in [5.41, 5.74) is 6.60. The van der Waals surface area contributed by atoms with E-state index >= 15 is 0 Å². The Morgan fingerprint density at radius 2 is 1.84 bits per heavy atom. The molecule has 0 saturated heterocycles. The van der Waals surface area contributed by atoms with Crippen molar-refractivity contribution < 1.29 is 4.74 Å². The lowest BCUT2D eigenvalue weighted by atomic mass is 9.85. The fraction of sp³-hybridized carbons (Fsp3) is 0.222. The van der Waals surface area contributed by atoms with Gasteiger partial charge in [0.15, 0.2) is 0 Å². The summed E-state index contributed by atoms with van der Waals surface area (Å²) < 4.78 is 7.64. The maximum atomic E-state index is 9.51. The first-order chi connectivity index (χ1) is 15.4. The van der Waals surface area contributed by atoms with E-state index in [0.717, 1.165) is 44.8 Å². The van der Waals surface area contributed by atoms with E-state index in [9.17, 15) is 5.26 Å². The first-order valence-electron chi connectivity index (χ1n) is 10.7. The van der Waals surface area contributed by atoms with E-state index in [-0.39, 0.29) is 0 Å². The Morgan fingerprint density at radius 3 is 2.62 bits per heavy atom. The third kappa shape index (κ3) is 4.13. The molecule has 0 aliphatic heterocycles. The van der Waals surface area contributed by atoms with E-state index in [4.69, 9.17) is 4.74 Å². The van der Waals surface area contributed by atoms with Gasteiger partial charge in [0.05, 0.1) is 30.0 Å². The predicted octanol–water partition coefficient (Wildman–Crippen LogP) is 6.11. The minimum Gasteiger partial charge on any atom is -0.493 e. The first kappa shape index (κ1) is 21.3. The van der Waals surface area contributed by atoms with E-state index in [1.165, 1.54) is 0 Å². The van der Waals surface area contributed by atoms with Gasteiger partial charge >= 0.3 is 0 Å². The molecular weight excluding hydrogens is 396 g/mol. The smallest absolute Gasteiger partial charge is 0.130 e. The largest absolute Gasteiger partial charge is 0.493 e. The lowest BCUT2D eigenvalue weighted by Crippen LogP contribution is -2.13. The molecule has 2 aromatic carbocycles. The van der Waals surface area contributed by atoms with Gasteiger partial charge < -0.3 is 4.74 Å². The third-order valence-electron chi connectivity index (χ3n) is 5.63. The number of aryl methyl sites for hydroxylation is 1. The Bertz CT molecular complexity index is 1300. The predicted molar refractivity (Wildman–Crippen MR) is 127 cm³/mol. The van der Waals surface area contributed by atoms with Crippen LogP contribution in [0.1, 0.15) is 31.9 Å². The van der Waals surface area contributed by atoms with Crippen molar-refractivity contribution in [3.05, 3.63) is 84.4 Å². The molecule has 0 saturated carbocycles. The fourth-order valence-electron chi connectivity index (χ4n) is 3.66. The highest BCUT2D eigenvalue weighted by Gasteiger charge is 2.20. The second-order valence-corrected chi connectivity index (χ2v) is 8.30. The Kier molecular flexibility index (Phi) is 5.79. The fourth-order valence-corrected chi connectivity index (χ4v) is 3.66. The maximum absolute atomic E-state index is 9.51. The summed E-state index contributed by atoms with van der Waals surface area (Å²) in [6.07, 6.45) is 7.37. The average molecular weight is 423 g/mol. The van der Waals surface area contributed by atoms with E-state index in [0.29, 0.717) is 6.61 Å². The number of hydrogen-bond donors (Lipinski definition) is 0. The van der Waals surface area contributed by atoms with E-state index < -0.39 is 5.41 Å². The lowest BCUT2D eigenvalue weighted by molar-refractivity contribution is 0.341. The van der Waals surface area contributed by atoms with Crippen molar-refractivity contribution in [1.29, 1.82) is 5.26 Å². The average Bonchev–Trinajstić information content (AvgIpc) is 3.30. The number of benzene rings is 2. The van der Waals surface area contributed by atoms with Crippen LogP contribution in [-0.4, -0.2) is 21.4 Å². The molecule has 5 nitrogen and oxygen atoms in total. The molecule has 4 rings (SSSR count). The number of nitrogens with zero attached hydrogens (tertiary/aromatic N) is 4. The van der Waals surface area contributed by atoms with Gasteiger partial charge in [-0.05, 0) is 68.1 Å². The van der Waals surface area contributed by atoms with Crippen LogP contribution in [0.4, 0.5) is 0 Å². The van der Waals surface area contributed by atoms with Crippen molar-refractivity contribution in [2.75, 3.05) is 6.61 Å². The Hall–Kier alpha value is -3.91. The molecule has 4 aromatic rings. The lowest BCUT2D eigenvalue weighted by Gasteiger charge is -2.17. The van der Waals surface area contributed by atoms with Crippen LogP contribution in [0.3, 0.4) is 0 Å². The van der Waals surface area contributed by atoms with Gasteiger partial charge in [0.1, 0.15) is 5.75 Å². The molecule has 0 radical (unpaired) electrons. The normalized spacial score (nSPS) is 11.2. The zero-order valence-electron chi connectivity index (χ0n) is 18.8. The van der Waals surface area contributed by atoms with Crippen LogP contribution >= 0.6 is 0 Å². The van der Waals surface area contributed by atoms with Crippen molar-refractivity contribution in [3.8, 4) is 39.8 Å². The van der Waals surface area contributed by atoms with Crippen molar-refractivity contribution >= 4 is 0 Å². The van der Waals surface area contributed by atoms with Crippen molar-refractivity contribution in [3.63, 3.8) is 0 Å². The number of pyridine rings is 1. The molecule has 5 heteroatoms. The molecule has 0 bridgehead atoms. The van der Waals surface area contributed by atoms with Crippen LogP contribution in [0.5, 0.6) is 5.75 Å². The van der Waals surface area contributed by atoms with Gasteiger partial charge in [0.25, 0.3) is 0 Å². The molecular formula is C27H26N4O. The summed E-state index contributed by atoms with van der Waals surface area (Å²) in [5, 5.41) is 14.1. The second kappa shape index (κ2) is 8.68. The van der Waals surface area contributed by atoms with Crippen molar-refractivity contribution in [2.24, 2.45) is 0 Å². The van der Waals surface area contributed by atoms with Crippen LogP contribution in [0.25, 0.3) is 27.9 Å². The van der Waals surface area contributed by atoms with Crippen LogP contribution in [0.2, 0.25) is 0 Å². The van der Waals surface area contributed by atoms with Crippen LogP contribution in [0.15, 0.2) is 73.3 Å². The summed E-state index contributed by atoms with van der Waals surface area (Å²) in [6, 6.07) is 18.8. The van der Waals surface area contributed by atoms with Crippen LogP contribution < -0.4 is 4.74 Å². The molecule has 0 fully saturated rings. The van der Waals surface area contributed by atoms with Gasteiger partial charge in [-0.1, -0.05) is 30.3 Å². The highest BCUT2D eigenvalue weighted by atomic mass is 16.5. The minimum atomic E-state index is -0.539. The van der Waals surface area contributed by atoms with E-state index in [2.05, 4.69) is 53.4 Å². The van der Waals surface area contributed by atoms with Crippen molar-refractivity contribution in [1.82, 2.24) is 14.8 Å².